The summed E-state index contributed by atoms with van der Waals surface area (Å²) in [5.41, 5.74) is 0.873. The van der Waals surface area contributed by atoms with Crippen molar-refractivity contribution in [2.75, 3.05) is 14.2 Å². The van der Waals surface area contributed by atoms with E-state index >= 15 is 0 Å². The maximum absolute atomic E-state index is 12.7. The van der Waals surface area contributed by atoms with Gasteiger partial charge >= 0.3 is 6.18 Å². The summed E-state index contributed by atoms with van der Waals surface area (Å²) in [5, 5.41) is 2.26. The third-order valence-electron chi connectivity index (χ3n) is 2.31. The Balaban J connectivity index is 3.23. The molecule has 0 amide bonds. The van der Waals surface area contributed by atoms with Gasteiger partial charge in [-0.25, -0.2) is 0 Å². The van der Waals surface area contributed by atoms with Crippen LogP contribution in [-0.4, -0.2) is 20.3 Å². The zero-order valence-corrected chi connectivity index (χ0v) is 9.35. The summed E-state index contributed by atoms with van der Waals surface area (Å²) in [5.74, 6) is 0.238. The topological polar surface area (TPSA) is 21.3 Å². The van der Waals surface area contributed by atoms with E-state index < -0.39 is 12.2 Å². The number of aryl methyl sites for hydroxylation is 1. The number of halogens is 3. The van der Waals surface area contributed by atoms with E-state index in [4.69, 9.17) is 4.74 Å². The van der Waals surface area contributed by atoms with Crippen molar-refractivity contribution in [3.63, 3.8) is 0 Å². The first-order valence-corrected chi connectivity index (χ1v) is 4.78. The third-order valence-corrected chi connectivity index (χ3v) is 2.31. The van der Waals surface area contributed by atoms with Crippen molar-refractivity contribution in [1.82, 2.24) is 5.32 Å². The van der Waals surface area contributed by atoms with Crippen LogP contribution < -0.4 is 10.1 Å². The van der Waals surface area contributed by atoms with Crippen LogP contribution >= 0.6 is 0 Å². The second-order valence-electron chi connectivity index (χ2n) is 3.51. The van der Waals surface area contributed by atoms with Crippen molar-refractivity contribution in [2.24, 2.45) is 0 Å². The SMILES string of the molecule is CNC(c1cc(C)ccc1OC)C(F)(F)F. The van der Waals surface area contributed by atoms with Gasteiger partial charge in [-0.2, -0.15) is 13.2 Å². The van der Waals surface area contributed by atoms with Crippen LogP contribution in [0.15, 0.2) is 18.2 Å². The van der Waals surface area contributed by atoms with Gasteiger partial charge in [0.25, 0.3) is 0 Å². The highest BCUT2D eigenvalue weighted by Crippen LogP contribution is 2.37. The Kier molecular flexibility index (Phi) is 3.80. The molecule has 2 nitrogen and oxygen atoms in total. The standard InChI is InChI=1S/C11H14F3NO/c1-7-4-5-9(16-3)8(6-7)10(15-2)11(12,13)14/h4-6,10,15H,1-3H3. The molecule has 0 heterocycles. The van der Waals surface area contributed by atoms with Crippen LogP contribution in [0.3, 0.4) is 0 Å². The van der Waals surface area contributed by atoms with Crippen molar-refractivity contribution >= 4 is 0 Å². The van der Waals surface area contributed by atoms with Crippen LogP contribution in [0.1, 0.15) is 17.2 Å². The fraction of sp³-hybridized carbons (Fsp3) is 0.455. The number of ether oxygens (including phenoxy) is 1. The predicted molar refractivity (Wildman–Crippen MR) is 55.6 cm³/mol. The predicted octanol–water partition coefficient (Wildman–Crippen LogP) is 2.83. The van der Waals surface area contributed by atoms with Crippen molar-refractivity contribution < 1.29 is 17.9 Å². The molecular formula is C11H14F3NO. The smallest absolute Gasteiger partial charge is 0.408 e. The summed E-state index contributed by atoms with van der Waals surface area (Å²) >= 11 is 0. The Morgan fingerprint density at radius 3 is 2.38 bits per heavy atom. The monoisotopic (exact) mass is 233 g/mol. The molecule has 5 heteroatoms. The number of benzene rings is 1. The molecule has 0 aliphatic rings. The minimum Gasteiger partial charge on any atom is -0.496 e. The van der Waals surface area contributed by atoms with Gasteiger partial charge in [-0.15, -0.1) is 0 Å². The lowest BCUT2D eigenvalue weighted by atomic mass is 10.0. The number of hydrogen-bond donors (Lipinski definition) is 1. The Hall–Kier alpha value is -1.23. The molecule has 1 rings (SSSR count). The van der Waals surface area contributed by atoms with Gasteiger partial charge in [-0.3, -0.25) is 0 Å². The van der Waals surface area contributed by atoms with Gasteiger partial charge in [0.15, 0.2) is 0 Å². The first-order chi connectivity index (χ1) is 7.40. The zero-order chi connectivity index (χ0) is 12.3. The van der Waals surface area contributed by atoms with Gasteiger partial charge < -0.3 is 10.1 Å². The molecule has 0 saturated carbocycles. The zero-order valence-electron chi connectivity index (χ0n) is 9.35. The van der Waals surface area contributed by atoms with Gasteiger partial charge in [-0.1, -0.05) is 17.7 Å². The second-order valence-corrected chi connectivity index (χ2v) is 3.51. The van der Waals surface area contributed by atoms with Gasteiger partial charge in [0, 0.05) is 5.56 Å². The summed E-state index contributed by atoms with van der Waals surface area (Å²) in [6, 6.07) is 3.03. The van der Waals surface area contributed by atoms with Gasteiger partial charge in [-0.05, 0) is 20.0 Å². The lowest BCUT2D eigenvalue weighted by Crippen LogP contribution is -2.32. The van der Waals surface area contributed by atoms with Crippen LogP contribution in [0.25, 0.3) is 0 Å². The molecule has 0 aliphatic heterocycles. The molecule has 1 atom stereocenters. The third kappa shape index (κ3) is 2.66. The molecule has 1 aromatic carbocycles. The Bertz CT molecular complexity index is 363. The highest BCUT2D eigenvalue weighted by molar-refractivity contribution is 5.39. The molecule has 90 valence electrons. The number of alkyl halides is 3. The molecule has 0 radical (unpaired) electrons. The van der Waals surface area contributed by atoms with E-state index in [1.165, 1.54) is 20.2 Å². The van der Waals surface area contributed by atoms with E-state index in [1.807, 2.05) is 0 Å². The minimum absolute atomic E-state index is 0.109. The molecule has 1 aromatic rings. The molecular weight excluding hydrogens is 219 g/mol. The number of methoxy groups -OCH3 is 1. The fourth-order valence-corrected chi connectivity index (χ4v) is 1.57. The molecule has 0 bridgehead atoms. The van der Waals surface area contributed by atoms with Crippen LogP contribution in [-0.2, 0) is 0 Å². The van der Waals surface area contributed by atoms with E-state index in [0.29, 0.717) is 0 Å². The Labute approximate surface area is 92.4 Å². The van der Waals surface area contributed by atoms with Crippen molar-refractivity contribution in [2.45, 2.75) is 19.1 Å². The van der Waals surface area contributed by atoms with Crippen molar-refractivity contribution in [3.05, 3.63) is 29.3 Å². The molecule has 1 N–H and O–H groups in total. The molecule has 0 saturated heterocycles. The largest absolute Gasteiger partial charge is 0.496 e. The van der Waals surface area contributed by atoms with Gasteiger partial charge in [0.1, 0.15) is 11.8 Å². The quantitative estimate of drug-likeness (QED) is 0.866. The van der Waals surface area contributed by atoms with Crippen molar-refractivity contribution in [3.8, 4) is 5.75 Å². The first kappa shape index (κ1) is 12.8. The van der Waals surface area contributed by atoms with Crippen LogP contribution in [0, 0.1) is 6.92 Å². The highest BCUT2D eigenvalue weighted by Gasteiger charge is 2.41. The van der Waals surface area contributed by atoms with E-state index in [2.05, 4.69) is 5.32 Å². The second kappa shape index (κ2) is 4.74. The average Bonchev–Trinajstić information content (AvgIpc) is 2.17. The molecule has 0 aromatic heterocycles. The summed E-state index contributed by atoms with van der Waals surface area (Å²) in [4.78, 5) is 0. The van der Waals surface area contributed by atoms with Crippen molar-refractivity contribution in [1.29, 1.82) is 0 Å². The molecule has 1 unspecified atom stereocenters. The number of hydrogen-bond acceptors (Lipinski definition) is 2. The van der Waals surface area contributed by atoms with Crippen LogP contribution in [0.5, 0.6) is 5.75 Å². The summed E-state index contributed by atoms with van der Waals surface area (Å²) in [6.45, 7) is 1.74. The lowest BCUT2D eigenvalue weighted by Gasteiger charge is -2.22. The van der Waals surface area contributed by atoms with E-state index in [9.17, 15) is 13.2 Å². The molecule has 16 heavy (non-hydrogen) atoms. The lowest BCUT2D eigenvalue weighted by molar-refractivity contribution is -0.156. The van der Waals surface area contributed by atoms with Gasteiger partial charge in [0.05, 0.1) is 7.11 Å². The number of rotatable bonds is 3. The molecule has 0 fully saturated rings. The normalized spacial score (nSPS) is 13.6. The van der Waals surface area contributed by atoms with E-state index in [0.717, 1.165) is 5.56 Å². The number of nitrogens with one attached hydrogen (secondary N) is 1. The average molecular weight is 233 g/mol. The highest BCUT2D eigenvalue weighted by atomic mass is 19.4. The molecule has 0 spiro atoms. The first-order valence-electron chi connectivity index (χ1n) is 4.78. The summed E-state index contributed by atoms with van der Waals surface area (Å²) in [6.07, 6.45) is -4.34. The molecule has 0 aliphatic carbocycles. The Morgan fingerprint density at radius 2 is 1.94 bits per heavy atom. The van der Waals surface area contributed by atoms with Crippen LogP contribution in [0.2, 0.25) is 0 Å². The summed E-state index contributed by atoms with van der Waals surface area (Å²) in [7, 11) is 2.64. The van der Waals surface area contributed by atoms with E-state index in [1.54, 1.807) is 19.1 Å². The fourth-order valence-electron chi connectivity index (χ4n) is 1.57. The van der Waals surface area contributed by atoms with Crippen LogP contribution in [0.4, 0.5) is 13.2 Å². The Morgan fingerprint density at radius 1 is 1.31 bits per heavy atom. The maximum atomic E-state index is 12.7. The summed E-state index contributed by atoms with van der Waals surface area (Å²) < 4.78 is 43.1. The van der Waals surface area contributed by atoms with E-state index in [-0.39, 0.29) is 11.3 Å². The van der Waals surface area contributed by atoms with Gasteiger partial charge in [0.2, 0.25) is 0 Å². The maximum Gasteiger partial charge on any atom is 0.408 e. The minimum atomic E-state index is -4.34.